The number of para-hydroxylation sites is 1. The second-order valence-corrected chi connectivity index (χ2v) is 4.87. The smallest absolute Gasteiger partial charge is 0.156 e. The number of nitrogens with zero attached hydrogens (tertiary/aromatic N) is 2. The third-order valence-electron chi connectivity index (χ3n) is 3.66. The number of benzene rings is 1. The van der Waals surface area contributed by atoms with Crippen molar-refractivity contribution >= 4 is 5.82 Å². The largest absolute Gasteiger partial charge is 0.309 e. The molecule has 0 radical (unpaired) electrons. The zero-order valence-corrected chi connectivity index (χ0v) is 10.9. The molecule has 0 spiro atoms. The first-order valence-corrected chi connectivity index (χ1v) is 6.59. The van der Waals surface area contributed by atoms with Gasteiger partial charge in [-0.05, 0) is 38.4 Å². The first-order chi connectivity index (χ1) is 9.31. The van der Waals surface area contributed by atoms with Crippen LogP contribution in [-0.4, -0.2) is 21.5 Å². The summed E-state index contributed by atoms with van der Waals surface area (Å²) in [5.74, 6) is 0.634. The Bertz CT molecular complexity index is 558. The van der Waals surface area contributed by atoms with Crippen LogP contribution in [0.4, 0.5) is 5.82 Å². The molecule has 0 aliphatic carbocycles. The van der Waals surface area contributed by atoms with Gasteiger partial charge in [0.1, 0.15) is 0 Å². The highest BCUT2D eigenvalue weighted by molar-refractivity contribution is 5.52. The third kappa shape index (κ3) is 2.11. The van der Waals surface area contributed by atoms with Gasteiger partial charge in [0, 0.05) is 5.56 Å². The Morgan fingerprint density at radius 1 is 1.37 bits per heavy atom. The highest BCUT2D eigenvalue weighted by Crippen LogP contribution is 2.30. The molecule has 1 saturated heterocycles. The summed E-state index contributed by atoms with van der Waals surface area (Å²) < 4.78 is 1.75. The summed E-state index contributed by atoms with van der Waals surface area (Å²) in [6.07, 6.45) is 2.27. The van der Waals surface area contributed by atoms with Gasteiger partial charge in [-0.2, -0.15) is 5.10 Å². The molecule has 1 aromatic carbocycles. The lowest BCUT2D eigenvalue weighted by Crippen LogP contribution is -2.14. The average Bonchev–Trinajstić information content (AvgIpc) is 3.07. The molecular formula is C14H18N4O. The van der Waals surface area contributed by atoms with E-state index in [1.807, 2.05) is 37.3 Å². The molecule has 0 unspecified atom stereocenters. The minimum Gasteiger partial charge on any atom is -0.309 e. The molecule has 0 bridgehead atoms. The molecular weight excluding hydrogens is 240 g/mol. The van der Waals surface area contributed by atoms with Crippen LogP contribution >= 0.6 is 0 Å². The fourth-order valence-electron chi connectivity index (χ4n) is 2.65. The van der Waals surface area contributed by atoms with E-state index in [1.54, 1.807) is 4.68 Å². The minimum absolute atomic E-state index is 0.289. The molecule has 100 valence electrons. The summed E-state index contributed by atoms with van der Waals surface area (Å²) in [6, 6.07) is 10.1. The van der Waals surface area contributed by atoms with E-state index in [0.29, 0.717) is 5.82 Å². The monoisotopic (exact) mass is 258 g/mol. The first kappa shape index (κ1) is 12.2. The predicted octanol–water partition coefficient (Wildman–Crippen LogP) is 2.41. The van der Waals surface area contributed by atoms with E-state index in [9.17, 15) is 5.21 Å². The van der Waals surface area contributed by atoms with Gasteiger partial charge in [0.25, 0.3) is 0 Å². The Kier molecular flexibility index (Phi) is 3.23. The Morgan fingerprint density at radius 3 is 2.79 bits per heavy atom. The molecule has 1 aliphatic rings. The van der Waals surface area contributed by atoms with Gasteiger partial charge in [0.2, 0.25) is 0 Å². The highest BCUT2D eigenvalue weighted by Gasteiger charge is 2.24. The van der Waals surface area contributed by atoms with Crippen molar-refractivity contribution in [2.24, 2.45) is 0 Å². The van der Waals surface area contributed by atoms with Gasteiger partial charge in [-0.25, -0.2) is 4.68 Å². The molecule has 1 aromatic heterocycles. The van der Waals surface area contributed by atoms with E-state index in [0.717, 1.165) is 29.9 Å². The van der Waals surface area contributed by atoms with Crippen LogP contribution in [0.5, 0.6) is 0 Å². The number of hydrogen-bond acceptors (Lipinski definition) is 4. The zero-order chi connectivity index (χ0) is 13.2. The normalized spacial score (nSPS) is 18.7. The van der Waals surface area contributed by atoms with Crippen molar-refractivity contribution < 1.29 is 5.21 Å². The number of nitrogens with one attached hydrogen (secondary N) is 2. The Morgan fingerprint density at radius 2 is 2.16 bits per heavy atom. The molecule has 2 heterocycles. The lowest BCUT2D eigenvalue weighted by Gasteiger charge is -2.07. The molecule has 19 heavy (non-hydrogen) atoms. The summed E-state index contributed by atoms with van der Waals surface area (Å²) in [4.78, 5) is 0. The maximum atomic E-state index is 9.39. The topological polar surface area (TPSA) is 62.1 Å². The van der Waals surface area contributed by atoms with Crippen molar-refractivity contribution in [2.75, 3.05) is 12.0 Å². The molecule has 1 aliphatic heterocycles. The van der Waals surface area contributed by atoms with Crippen LogP contribution in [0.1, 0.15) is 30.1 Å². The van der Waals surface area contributed by atoms with Crippen LogP contribution in [0.3, 0.4) is 0 Å². The average molecular weight is 258 g/mol. The van der Waals surface area contributed by atoms with Gasteiger partial charge < -0.3 is 5.32 Å². The van der Waals surface area contributed by atoms with Gasteiger partial charge in [-0.15, -0.1) is 0 Å². The van der Waals surface area contributed by atoms with Crippen molar-refractivity contribution in [3.05, 3.63) is 41.6 Å². The van der Waals surface area contributed by atoms with E-state index in [-0.39, 0.29) is 6.04 Å². The maximum Gasteiger partial charge on any atom is 0.156 e. The summed E-state index contributed by atoms with van der Waals surface area (Å²) >= 11 is 0. The van der Waals surface area contributed by atoms with Crippen molar-refractivity contribution in [1.29, 1.82) is 0 Å². The number of hydrogen-bond donors (Lipinski definition) is 3. The lowest BCUT2D eigenvalue weighted by atomic mass is 10.1. The summed E-state index contributed by atoms with van der Waals surface area (Å²) in [5.41, 5.74) is 5.22. The van der Waals surface area contributed by atoms with Gasteiger partial charge >= 0.3 is 0 Å². The number of rotatable bonds is 3. The SMILES string of the molecule is Cc1c([C@@H]2CCCN2)nn(-c2ccccc2)c1NO. The van der Waals surface area contributed by atoms with Crippen LogP contribution in [0.25, 0.3) is 5.69 Å². The molecule has 3 N–H and O–H groups in total. The molecule has 2 aromatic rings. The Labute approximate surface area is 112 Å². The standard InChI is InChI=1S/C14H18N4O/c1-10-13(12-8-5-9-15-12)16-18(14(10)17-19)11-6-3-2-4-7-11/h2-4,6-7,12,15,17,19H,5,8-9H2,1H3/t12-/m0/s1. The van der Waals surface area contributed by atoms with Crippen LogP contribution in [0.15, 0.2) is 30.3 Å². The second kappa shape index (κ2) is 5.03. The fraction of sp³-hybridized carbons (Fsp3) is 0.357. The Balaban J connectivity index is 2.07. The lowest BCUT2D eigenvalue weighted by molar-refractivity contribution is 0.383. The van der Waals surface area contributed by atoms with Crippen LogP contribution in [0, 0.1) is 6.92 Å². The van der Waals surface area contributed by atoms with Crippen LogP contribution < -0.4 is 10.8 Å². The molecule has 5 nitrogen and oxygen atoms in total. The first-order valence-electron chi connectivity index (χ1n) is 6.59. The second-order valence-electron chi connectivity index (χ2n) is 4.87. The van der Waals surface area contributed by atoms with E-state index >= 15 is 0 Å². The van der Waals surface area contributed by atoms with Crippen molar-refractivity contribution in [2.45, 2.75) is 25.8 Å². The van der Waals surface area contributed by atoms with Crippen molar-refractivity contribution in [3.63, 3.8) is 0 Å². The zero-order valence-electron chi connectivity index (χ0n) is 10.9. The van der Waals surface area contributed by atoms with Gasteiger partial charge in [0.05, 0.1) is 17.4 Å². The van der Waals surface area contributed by atoms with Crippen LogP contribution in [-0.2, 0) is 0 Å². The van der Waals surface area contributed by atoms with E-state index in [4.69, 9.17) is 0 Å². The molecule has 0 amide bonds. The van der Waals surface area contributed by atoms with E-state index in [2.05, 4.69) is 15.9 Å². The predicted molar refractivity (Wildman–Crippen MR) is 73.7 cm³/mol. The van der Waals surface area contributed by atoms with Crippen molar-refractivity contribution in [3.8, 4) is 5.69 Å². The maximum absolute atomic E-state index is 9.39. The summed E-state index contributed by atoms with van der Waals surface area (Å²) in [6.45, 7) is 3.02. The summed E-state index contributed by atoms with van der Waals surface area (Å²) in [5, 5.41) is 17.5. The molecule has 0 saturated carbocycles. The molecule has 1 fully saturated rings. The summed E-state index contributed by atoms with van der Waals surface area (Å²) in [7, 11) is 0. The van der Waals surface area contributed by atoms with E-state index < -0.39 is 0 Å². The van der Waals surface area contributed by atoms with E-state index in [1.165, 1.54) is 6.42 Å². The molecule has 1 atom stereocenters. The quantitative estimate of drug-likeness (QED) is 0.740. The third-order valence-corrected chi connectivity index (χ3v) is 3.66. The highest BCUT2D eigenvalue weighted by atomic mass is 16.5. The van der Waals surface area contributed by atoms with Gasteiger partial charge in [-0.3, -0.25) is 10.7 Å². The van der Waals surface area contributed by atoms with Crippen LogP contribution in [0.2, 0.25) is 0 Å². The molecule has 5 heteroatoms. The number of anilines is 1. The molecule has 3 rings (SSSR count). The van der Waals surface area contributed by atoms with Crippen molar-refractivity contribution in [1.82, 2.24) is 15.1 Å². The van der Waals surface area contributed by atoms with Gasteiger partial charge in [-0.1, -0.05) is 18.2 Å². The fourth-order valence-corrected chi connectivity index (χ4v) is 2.65. The minimum atomic E-state index is 0.289. The number of aromatic nitrogens is 2. The van der Waals surface area contributed by atoms with Gasteiger partial charge in [0.15, 0.2) is 5.82 Å². The Hall–Kier alpha value is -1.85.